The monoisotopic (exact) mass is 273 g/mol. The van der Waals surface area contributed by atoms with Crippen LogP contribution in [0, 0.1) is 0 Å². The molecule has 0 fully saturated rings. The van der Waals surface area contributed by atoms with E-state index in [0.717, 1.165) is 30.1 Å². The van der Waals surface area contributed by atoms with Gasteiger partial charge in [0.2, 0.25) is 0 Å². The quantitative estimate of drug-likeness (QED) is 0.735. The Labute approximate surface area is 115 Å². The highest BCUT2D eigenvalue weighted by atomic mass is 32.1. The van der Waals surface area contributed by atoms with Crippen molar-refractivity contribution in [1.29, 1.82) is 0 Å². The number of hydrogen-bond acceptors (Lipinski definition) is 4. The maximum atomic E-state index is 12.2. The number of hydrogen-bond donors (Lipinski definition) is 3. The van der Waals surface area contributed by atoms with Crippen molar-refractivity contribution in [2.24, 2.45) is 0 Å². The molecule has 1 aromatic carbocycles. The number of carbonyl (C=O) groups excluding carboxylic acids is 1. The SMILES string of the molecule is Nc1ccc(NC(=O)c2cc3c(s2)CCNC3)cc1. The van der Waals surface area contributed by atoms with Gasteiger partial charge in [0.05, 0.1) is 4.88 Å². The molecule has 98 valence electrons. The lowest BCUT2D eigenvalue weighted by Gasteiger charge is -2.10. The van der Waals surface area contributed by atoms with E-state index >= 15 is 0 Å². The lowest BCUT2D eigenvalue weighted by atomic mass is 10.1. The summed E-state index contributed by atoms with van der Waals surface area (Å²) in [6.45, 7) is 1.85. The summed E-state index contributed by atoms with van der Waals surface area (Å²) >= 11 is 1.59. The van der Waals surface area contributed by atoms with Crippen LogP contribution in [0.4, 0.5) is 11.4 Å². The Balaban J connectivity index is 1.76. The van der Waals surface area contributed by atoms with Gasteiger partial charge in [-0.25, -0.2) is 0 Å². The summed E-state index contributed by atoms with van der Waals surface area (Å²) in [5.74, 6) is -0.0517. The van der Waals surface area contributed by atoms with E-state index in [4.69, 9.17) is 5.73 Å². The molecule has 1 aromatic heterocycles. The second-order valence-corrected chi connectivity index (χ2v) is 5.70. The maximum absolute atomic E-state index is 12.2. The van der Waals surface area contributed by atoms with Crippen LogP contribution in [0.2, 0.25) is 0 Å². The van der Waals surface area contributed by atoms with Gasteiger partial charge < -0.3 is 16.4 Å². The minimum absolute atomic E-state index is 0.0517. The van der Waals surface area contributed by atoms with Crippen LogP contribution in [0.15, 0.2) is 30.3 Å². The van der Waals surface area contributed by atoms with Gasteiger partial charge in [-0.3, -0.25) is 4.79 Å². The molecule has 1 aliphatic rings. The molecule has 3 rings (SSSR count). The molecule has 5 heteroatoms. The second kappa shape index (κ2) is 5.03. The summed E-state index contributed by atoms with van der Waals surface area (Å²) in [5.41, 5.74) is 8.32. The Bertz CT molecular complexity index is 580. The molecule has 0 saturated carbocycles. The van der Waals surface area contributed by atoms with E-state index < -0.39 is 0 Å². The van der Waals surface area contributed by atoms with Crippen LogP contribution >= 0.6 is 11.3 Å². The zero-order valence-electron chi connectivity index (χ0n) is 10.4. The molecular weight excluding hydrogens is 258 g/mol. The molecule has 4 nitrogen and oxygen atoms in total. The van der Waals surface area contributed by atoms with Crippen LogP contribution in [-0.2, 0) is 13.0 Å². The van der Waals surface area contributed by atoms with E-state index in [9.17, 15) is 4.79 Å². The lowest BCUT2D eigenvalue weighted by Crippen LogP contribution is -2.21. The number of nitrogens with two attached hydrogens (primary N) is 1. The Morgan fingerprint density at radius 1 is 1.32 bits per heavy atom. The number of rotatable bonds is 2. The van der Waals surface area contributed by atoms with Gasteiger partial charge >= 0.3 is 0 Å². The van der Waals surface area contributed by atoms with E-state index in [-0.39, 0.29) is 5.91 Å². The summed E-state index contributed by atoms with van der Waals surface area (Å²) < 4.78 is 0. The van der Waals surface area contributed by atoms with E-state index in [1.54, 1.807) is 23.5 Å². The standard InChI is InChI=1S/C14H15N3OS/c15-10-1-3-11(4-2-10)17-14(18)13-7-9-8-16-6-5-12(9)19-13/h1-4,7,16H,5-6,8,15H2,(H,17,18). The summed E-state index contributed by atoms with van der Waals surface area (Å²) in [5, 5.41) is 6.20. The number of thiophene rings is 1. The van der Waals surface area contributed by atoms with Crippen LogP contribution in [0.5, 0.6) is 0 Å². The third kappa shape index (κ3) is 2.62. The molecule has 0 saturated heterocycles. The molecule has 1 amide bonds. The normalized spacial score (nSPS) is 13.9. The van der Waals surface area contributed by atoms with Crippen molar-refractivity contribution in [3.8, 4) is 0 Å². The highest BCUT2D eigenvalue weighted by molar-refractivity contribution is 7.14. The van der Waals surface area contributed by atoms with Crippen molar-refractivity contribution in [1.82, 2.24) is 5.32 Å². The lowest BCUT2D eigenvalue weighted by molar-refractivity contribution is 0.103. The van der Waals surface area contributed by atoms with Gasteiger partial charge in [-0.15, -0.1) is 11.3 Å². The van der Waals surface area contributed by atoms with Crippen molar-refractivity contribution in [3.63, 3.8) is 0 Å². The molecular formula is C14H15N3OS. The first-order chi connectivity index (χ1) is 9.22. The first-order valence-electron chi connectivity index (χ1n) is 6.21. The van der Waals surface area contributed by atoms with E-state index in [0.29, 0.717) is 5.69 Å². The molecule has 0 radical (unpaired) electrons. The predicted molar refractivity (Wildman–Crippen MR) is 78.5 cm³/mol. The summed E-state index contributed by atoms with van der Waals surface area (Å²) in [4.78, 5) is 14.3. The van der Waals surface area contributed by atoms with Gasteiger partial charge in [0, 0.05) is 29.3 Å². The van der Waals surface area contributed by atoms with E-state index in [1.165, 1.54) is 10.4 Å². The van der Waals surface area contributed by atoms with Crippen molar-refractivity contribution in [2.75, 3.05) is 17.6 Å². The molecule has 19 heavy (non-hydrogen) atoms. The molecule has 0 bridgehead atoms. The summed E-state index contributed by atoms with van der Waals surface area (Å²) in [7, 11) is 0. The van der Waals surface area contributed by atoms with Gasteiger partial charge in [-0.2, -0.15) is 0 Å². The van der Waals surface area contributed by atoms with Gasteiger partial charge in [0.25, 0.3) is 5.91 Å². The number of fused-ring (bicyclic) bond motifs is 1. The van der Waals surface area contributed by atoms with Crippen molar-refractivity contribution in [2.45, 2.75) is 13.0 Å². The van der Waals surface area contributed by atoms with Crippen molar-refractivity contribution >= 4 is 28.6 Å². The average molecular weight is 273 g/mol. The Hall–Kier alpha value is -1.85. The molecule has 2 heterocycles. The van der Waals surface area contributed by atoms with Crippen molar-refractivity contribution in [3.05, 3.63) is 45.6 Å². The molecule has 1 aliphatic heterocycles. The van der Waals surface area contributed by atoms with Gasteiger partial charge in [-0.05, 0) is 42.3 Å². The van der Waals surface area contributed by atoms with Crippen LogP contribution in [0.1, 0.15) is 20.1 Å². The first-order valence-corrected chi connectivity index (χ1v) is 7.03. The molecule has 4 N–H and O–H groups in total. The molecule has 2 aromatic rings. The molecule has 0 spiro atoms. The maximum Gasteiger partial charge on any atom is 0.265 e. The highest BCUT2D eigenvalue weighted by Gasteiger charge is 2.16. The van der Waals surface area contributed by atoms with E-state index in [2.05, 4.69) is 10.6 Å². The Morgan fingerprint density at radius 2 is 2.11 bits per heavy atom. The number of carbonyl (C=O) groups is 1. The predicted octanol–water partition coefficient (Wildman–Crippen LogP) is 2.23. The molecule has 0 atom stereocenters. The smallest absolute Gasteiger partial charge is 0.265 e. The van der Waals surface area contributed by atoms with Gasteiger partial charge in [0.15, 0.2) is 0 Å². The van der Waals surface area contributed by atoms with Gasteiger partial charge in [0.1, 0.15) is 0 Å². The highest BCUT2D eigenvalue weighted by Crippen LogP contribution is 2.26. The third-order valence-electron chi connectivity index (χ3n) is 3.13. The fourth-order valence-corrected chi connectivity index (χ4v) is 3.20. The van der Waals surface area contributed by atoms with Crippen molar-refractivity contribution < 1.29 is 4.79 Å². The number of nitrogens with one attached hydrogen (secondary N) is 2. The molecule has 0 unspecified atom stereocenters. The zero-order valence-corrected chi connectivity index (χ0v) is 11.2. The number of amides is 1. The van der Waals surface area contributed by atoms with Crippen LogP contribution in [0.3, 0.4) is 0 Å². The summed E-state index contributed by atoms with van der Waals surface area (Å²) in [6.07, 6.45) is 1.01. The average Bonchev–Trinajstić information content (AvgIpc) is 2.85. The third-order valence-corrected chi connectivity index (χ3v) is 4.37. The largest absolute Gasteiger partial charge is 0.399 e. The second-order valence-electron chi connectivity index (χ2n) is 4.56. The van der Waals surface area contributed by atoms with Crippen LogP contribution < -0.4 is 16.4 Å². The Morgan fingerprint density at radius 3 is 2.84 bits per heavy atom. The fraction of sp³-hybridized carbons (Fsp3) is 0.214. The number of benzene rings is 1. The molecule has 0 aliphatic carbocycles. The fourth-order valence-electron chi connectivity index (χ4n) is 2.12. The van der Waals surface area contributed by atoms with Crippen LogP contribution in [0.25, 0.3) is 0 Å². The first kappa shape index (κ1) is 12.2. The van der Waals surface area contributed by atoms with E-state index in [1.807, 2.05) is 18.2 Å². The van der Waals surface area contributed by atoms with Crippen LogP contribution in [-0.4, -0.2) is 12.5 Å². The minimum Gasteiger partial charge on any atom is -0.399 e. The Kier molecular flexibility index (Phi) is 3.23. The van der Waals surface area contributed by atoms with Gasteiger partial charge in [-0.1, -0.05) is 0 Å². The minimum atomic E-state index is -0.0517. The zero-order chi connectivity index (χ0) is 13.2. The topological polar surface area (TPSA) is 67.1 Å². The summed E-state index contributed by atoms with van der Waals surface area (Å²) in [6, 6.07) is 9.15. The number of nitrogen functional groups attached to an aromatic ring is 1. The number of anilines is 2.